The highest BCUT2D eigenvalue weighted by atomic mass is 16.5. The van der Waals surface area contributed by atoms with Gasteiger partial charge in [0, 0.05) is 13.6 Å². The Labute approximate surface area is 115 Å². The minimum absolute atomic E-state index is 0.0253. The molecule has 0 aliphatic carbocycles. The second kappa shape index (κ2) is 7.14. The molecule has 0 radical (unpaired) electrons. The molecule has 106 valence electrons. The zero-order valence-electron chi connectivity index (χ0n) is 12.3. The predicted octanol–water partition coefficient (Wildman–Crippen LogP) is 1.74. The van der Waals surface area contributed by atoms with E-state index in [0.29, 0.717) is 13.2 Å². The van der Waals surface area contributed by atoms with Gasteiger partial charge in [0.1, 0.15) is 5.75 Å². The Balaban J connectivity index is 2.59. The predicted molar refractivity (Wildman–Crippen MR) is 77.3 cm³/mol. The van der Waals surface area contributed by atoms with Gasteiger partial charge in [0.05, 0.1) is 12.6 Å². The van der Waals surface area contributed by atoms with Crippen LogP contribution in [0.5, 0.6) is 5.75 Å². The van der Waals surface area contributed by atoms with Crippen LogP contribution in [-0.2, 0) is 11.2 Å². The maximum Gasteiger partial charge on any atom is 0.238 e. The lowest BCUT2D eigenvalue weighted by Crippen LogP contribution is -2.40. The summed E-state index contributed by atoms with van der Waals surface area (Å²) >= 11 is 0. The Morgan fingerprint density at radius 3 is 2.68 bits per heavy atom. The third-order valence-corrected chi connectivity index (χ3v) is 3.04. The van der Waals surface area contributed by atoms with Crippen molar-refractivity contribution in [3.63, 3.8) is 0 Å². The van der Waals surface area contributed by atoms with E-state index in [2.05, 4.69) is 6.07 Å². The molecule has 1 unspecified atom stereocenters. The lowest BCUT2D eigenvalue weighted by atomic mass is 10.1. The summed E-state index contributed by atoms with van der Waals surface area (Å²) in [7, 11) is 1.78. The molecule has 19 heavy (non-hydrogen) atoms. The lowest BCUT2D eigenvalue weighted by Gasteiger charge is -2.19. The SMILES string of the molecule is CCOc1ccc(CCN(C)C(=O)C(C)N)cc1C. The first-order valence-corrected chi connectivity index (χ1v) is 6.68. The molecule has 4 heteroatoms. The molecule has 1 atom stereocenters. The van der Waals surface area contributed by atoms with Gasteiger partial charge in [-0.3, -0.25) is 4.79 Å². The van der Waals surface area contributed by atoms with E-state index in [-0.39, 0.29) is 5.91 Å². The largest absolute Gasteiger partial charge is 0.494 e. The van der Waals surface area contributed by atoms with E-state index in [1.54, 1.807) is 18.9 Å². The van der Waals surface area contributed by atoms with E-state index in [1.807, 2.05) is 26.0 Å². The molecule has 1 aromatic carbocycles. The summed E-state index contributed by atoms with van der Waals surface area (Å²) in [5, 5.41) is 0. The summed E-state index contributed by atoms with van der Waals surface area (Å²) in [6, 6.07) is 5.70. The van der Waals surface area contributed by atoms with Crippen molar-refractivity contribution < 1.29 is 9.53 Å². The van der Waals surface area contributed by atoms with Gasteiger partial charge >= 0.3 is 0 Å². The van der Waals surface area contributed by atoms with E-state index < -0.39 is 6.04 Å². The normalized spacial score (nSPS) is 12.1. The molecule has 0 aromatic heterocycles. The third-order valence-electron chi connectivity index (χ3n) is 3.04. The molecule has 2 N–H and O–H groups in total. The lowest BCUT2D eigenvalue weighted by molar-refractivity contribution is -0.130. The Hall–Kier alpha value is -1.55. The van der Waals surface area contributed by atoms with Crippen LogP contribution in [0.2, 0.25) is 0 Å². The molecule has 0 fully saturated rings. The summed E-state index contributed by atoms with van der Waals surface area (Å²) < 4.78 is 5.51. The average molecular weight is 264 g/mol. The molecule has 4 nitrogen and oxygen atoms in total. The Morgan fingerprint density at radius 1 is 1.47 bits per heavy atom. The van der Waals surface area contributed by atoms with Crippen LogP contribution < -0.4 is 10.5 Å². The fraction of sp³-hybridized carbons (Fsp3) is 0.533. The zero-order valence-corrected chi connectivity index (χ0v) is 12.3. The quantitative estimate of drug-likeness (QED) is 0.851. The second-order valence-electron chi connectivity index (χ2n) is 4.83. The standard InChI is InChI=1S/C15H24N2O2/c1-5-19-14-7-6-13(10-11(14)2)8-9-17(4)15(18)12(3)16/h6-7,10,12H,5,8-9,16H2,1-4H3. The molecular weight excluding hydrogens is 240 g/mol. The Morgan fingerprint density at radius 2 is 2.16 bits per heavy atom. The summed E-state index contributed by atoms with van der Waals surface area (Å²) in [4.78, 5) is 13.3. The minimum atomic E-state index is -0.438. The van der Waals surface area contributed by atoms with E-state index in [1.165, 1.54) is 5.56 Å². The van der Waals surface area contributed by atoms with Gasteiger partial charge in [-0.2, -0.15) is 0 Å². The molecule has 0 aliphatic rings. The highest BCUT2D eigenvalue weighted by Gasteiger charge is 2.12. The van der Waals surface area contributed by atoms with Gasteiger partial charge in [-0.25, -0.2) is 0 Å². The van der Waals surface area contributed by atoms with Crippen LogP contribution in [0.15, 0.2) is 18.2 Å². The summed E-state index contributed by atoms with van der Waals surface area (Å²) in [5.74, 6) is 0.897. The second-order valence-corrected chi connectivity index (χ2v) is 4.83. The number of hydrogen-bond donors (Lipinski definition) is 1. The number of likely N-dealkylation sites (N-methyl/N-ethyl adjacent to an activating group) is 1. The van der Waals surface area contributed by atoms with Crippen molar-refractivity contribution in [2.45, 2.75) is 33.2 Å². The van der Waals surface area contributed by atoms with Crippen LogP contribution in [-0.4, -0.2) is 37.0 Å². The molecule has 0 saturated carbocycles. The van der Waals surface area contributed by atoms with Crippen molar-refractivity contribution in [1.82, 2.24) is 4.90 Å². The first-order valence-electron chi connectivity index (χ1n) is 6.68. The molecule has 1 aromatic rings. The van der Waals surface area contributed by atoms with Crippen molar-refractivity contribution in [2.75, 3.05) is 20.2 Å². The van der Waals surface area contributed by atoms with Crippen molar-refractivity contribution in [3.05, 3.63) is 29.3 Å². The van der Waals surface area contributed by atoms with E-state index in [4.69, 9.17) is 10.5 Å². The first-order chi connectivity index (χ1) is 8.95. The van der Waals surface area contributed by atoms with E-state index >= 15 is 0 Å². The van der Waals surface area contributed by atoms with Crippen LogP contribution in [0.4, 0.5) is 0 Å². The van der Waals surface area contributed by atoms with Crippen molar-refractivity contribution in [3.8, 4) is 5.75 Å². The summed E-state index contributed by atoms with van der Waals surface area (Å²) in [5.41, 5.74) is 7.90. The monoisotopic (exact) mass is 264 g/mol. The number of carbonyl (C=O) groups excluding carboxylic acids is 1. The van der Waals surface area contributed by atoms with Gasteiger partial charge in [-0.1, -0.05) is 12.1 Å². The van der Waals surface area contributed by atoms with Crippen molar-refractivity contribution in [1.29, 1.82) is 0 Å². The number of rotatable bonds is 6. The molecule has 0 aliphatic heterocycles. The molecule has 0 spiro atoms. The molecule has 1 rings (SSSR count). The number of benzene rings is 1. The topological polar surface area (TPSA) is 55.6 Å². The van der Waals surface area contributed by atoms with Gasteiger partial charge in [-0.05, 0) is 44.4 Å². The number of ether oxygens (including phenoxy) is 1. The number of nitrogens with zero attached hydrogens (tertiary/aromatic N) is 1. The van der Waals surface area contributed by atoms with E-state index in [9.17, 15) is 4.79 Å². The third kappa shape index (κ3) is 4.56. The maximum atomic E-state index is 11.7. The zero-order chi connectivity index (χ0) is 14.4. The Bertz CT molecular complexity index is 430. The van der Waals surface area contributed by atoms with Gasteiger partial charge in [0.25, 0.3) is 0 Å². The van der Waals surface area contributed by atoms with Crippen LogP contribution in [0.3, 0.4) is 0 Å². The number of nitrogens with two attached hydrogens (primary N) is 1. The fourth-order valence-corrected chi connectivity index (χ4v) is 1.94. The molecule has 0 heterocycles. The molecular formula is C15H24N2O2. The van der Waals surface area contributed by atoms with Crippen LogP contribution >= 0.6 is 0 Å². The van der Waals surface area contributed by atoms with Crippen molar-refractivity contribution in [2.24, 2.45) is 5.73 Å². The average Bonchev–Trinajstić information content (AvgIpc) is 2.38. The number of aryl methyl sites for hydroxylation is 1. The molecule has 0 saturated heterocycles. The highest BCUT2D eigenvalue weighted by molar-refractivity contribution is 5.80. The van der Waals surface area contributed by atoms with Crippen LogP contribution in [0, 0.1) is 6.92 Å². The fourth-order valence-electron chi connectivity index (χ4n) is 1.94. The summed E-state index contributed by atoms with van der Waals surface area (Å²) in [6.07, 6.45) is 0.822. The number of carbonyl (C=O) groups is 1. The first kappa shape index (κ1) is 15.5. The number of hydrogen-bond acceptors (Lipinski definition) is 3. The van der Waals surface area contributed by atoms with Crippen LogP contribution in [0.25, 0.3) is 0 Å². The molecule has 0 bridgehead atoms. The summed E-state index contributed by atoms with van der Waals surface area (Å²) in [6.45, 7) is 7.06. The smallest absolute Gasteiger partial charge is 0.238 e. The van der Waals surface area contributed by atoms with Gasteiger partial charge in [-0.15, -0.1) is 0 Å². The van der Waals surface area contributed by atoms with Gasteiger partial charge in [0.15, 0.2) is 0 Å². The van der Waals surface area contributed by atoms with Gasteiger partial charge < -0.3 is 15.4 Å². The number of amides is 1. The molecule has 1 amide bonds. The van der Waals surface area contributed by atoms with E-state index in [0.717, 1.165) is 17.7 Å². The van der Waals surface area contributed by atoms with Crippen molar-refractivity contribution >= 4 is 5.91 Å². The minimum Gasteiger partial charge on any atom is -0.494 e. The van der Waals surface area contributed by atoms with Crippen LogP contribution in [0.1, 0.15) is 25.0 Å². The highest BCUT2D eigenvalue weighted by Crippen LogP contribution is 2.19. The Kier molecular flexibility index (Phi) is 5.83. The maximum absolute atomic E-state index is 11.7. The van der Waals surface area contributed by atoms with Gasteiger partial charge in [0.2, 0.25) is 5.91 Å².